The highest BCUT2D eigenvalue weighted by Crippen LogP contribution is 2.34. The molecule has 5 rings (SSSR count). The third kappa shape index (κ3) is 4.73. The third-order valence-electron chi connectivity index (χ3n) is 6.11. The highest BCUT2D eigenvalue weighted by Gasteiger charge is 2.28. The highest BCUT2D eigenvalue weighted by molar-refractivity contribution is 5.94. The number of anilines is 1. The second-order valence-electron chi connectivity index (χ2n) is 8.48. The number of piperidine rings is 1. The number of hydrogen-bond donors (Lipinski definition) is 0. The smallest absolute Gasteiger partial charge is 0.254 e. The fourth-order valence-corrected chi connectivity index (χ4v) is 4.37. The van der Waals surface area contributed by atoms with Crippen LogP contribution in [0.15, 0.2) is 81.9 Å². The van der Waals surface area contributed by atoms with Gasteiger partial charge in [0.1, 0.15) is 17.3 Å². The molecule has 0 bridgehead atoms. The van der Waals surface area contributed by atoms with Gasteiger partial charge in [-0.2, -0.15) is 0 Å². The van der Waals surface area contributed by atoms with Crippen LogP contribution in [0.25, 0.3) is 11.3 Å². The molecule has 1 aliphatic heterocycles. The van der Waals surface area contributed by atoms with Gasteiger partial charge in [0, 0.05) is 24.2 Å². The van der Waals surface area contributed by atoms with Crippen molar-refractivity contribution in [3.05, 3.63) is 95.7 Å². The zero-order valence-corrected chi connectivity index (χ0v) is 18.8. The molecule has 1 aliphatic rings. The summed E-state index contributed by atoms with van der Waals surface area (Å²) in [7, 11) is 0. The summed E-state index contributed by atoms with van der Waals surface area (Å²) >= 11 is 0. The molecule has 0 aliphatic carbocycles. The molecule has 174 valence electrons. The number of furan rings is 1. The minimum Gasteiger partial charge on any atom is -0.467 e. The van der Waals surface area contributed by atoms with Crippen LogP contribution in [0.5, 0.6) is 0 Å². The van der Waals surface area contributed by atoms with E-state index in [-0.39, 0.29) is 24.8 Å². The van der Waals surface area contributed by atoms with Gasteiger partial charge in [0.25, 0.3) is 5.91 Å². The Balaban J connectivity index is 1.54. The summed E-state index contributed by atoms with van der Waals surface area (Å²) in [6, 6.07) is 19.1. The molecule has 1 saturated heterocycles. The van der Waals surface area contributed by atoms with Crippen LogP contribution < -0.4 is 4.90 Å². The number of carbonyl (C=O) groups is 1. The molecule has 0 saturated carbocycles. The Morgan fingerprint density at radius 2 is 1.71 bits per heavy atom. The number of aromatic nitrogens is 1. The molecule has 3 heterocycles. The summed E-state index contributed by atoms with van der Waals surface area (Å²) < 4.78 is 24.9. The lowest BCUT2D eigenvalue weighted by atomic mass is 10.0. The van der Waals surface area contributed by atoms with Gasteiger partial charge in [-0.3, -0.25) is 4.79 Å². The first kappa shape index (κ1) is 21.9. The number of halogens is 1. The van der Waals surface area contributed by atoms with E-state index in [1.807, 2.05) is 36.4 Å². The van der Waals surface area contributed by atoms with Gasteiger partial charge in [-0.15, -0.1) is 0 Å². The van der Waals surface area contributed by atoms with Gasteiger partial charge >= 0.3 is 0 Å². The first-order valence-corrected chi connectivity index (χ1v) is 11.5. The van der Waals surface area contributed by atoms with Gasteiger partial charge in [0.15, 0.2) is 0 Å². The van der Waals surface area contributed by atoms with Gasteiger partial charge in [0.05, 0.1) is 24.9 Å². The third-order valence-corrected chi connectivity index (χ3v) is 6.11. The maximum absolute atomic E-state index is 13.5. The van der Waals surface area contributed by atoms with Gasteiger partial charge in [-0.1, -0.05) is 35.5 Å². The molecule has 1 fully saturated rings. The fraction of sp³-hybridized carbons (Fsp3) is 0.259. The number of benzene rings is 2. The lowest BCUT2D eigenvalue weighted by Gasteiger charge is -2.28. The zero-order valence-electron chi connectivity index (χ0n) is 18.8. The SMILES string of the molecule is O=C(c1ccc(F)cc1)N(Cc1ccco1)Cc1c(-c2ccccc2)noc1N1CCCCC1. The molecule has 1 amide bonds. The molecule has 2 aromatic heterocycles. The number of rotatable bonds is 7. The molecule has 0 radical (unpaired) electrons. The van der Waals surface area contributed by atoms with Crippen LogP contribution in [-0.4, -0.2) is 29.1 Å². The molecule has 0 atom stereocenters. The maximum atomic E-state index is 13.5. The zero-order chi connectivity index (χ0) is 23.3. The van der Waals surface area contributed by atoms with Crippen molar-refractivity contribution in [3.8, 4) is 11.3 Å². The summed E-state index contributed by atoms with van der Waals surface area (Å²) in [5.74, 6) is 0.760. The fourth-order valence-electron chi connectivity index (χ4n) is 4.37. The van der Waals surface area contributed by atoms with Crippen LogP contribution in [-0.2, 0) is 13.1 Å². The molecule has 7 heteroatoms. The van der Waals surface area contributed by atoms with E-state index in [0.29, 0.717) is 17.2 Å². The van der Waals surface area contributed by atoms with Crippen molar-refractivity contribution in [2.45, 2.75) is 32.4 Å². The Morgan fingerprint density at radius 1 is 0.941 bits per heavy atom. The predicted octanol–water partition coefficient (Wildman–Crippen LogP) is 5.91. The molecule has 34 heavy (non-hydrogen) atoms. The van der Waals surface area contributed by atoms with Gasteiger partial charge in [0.2, 0.25) is 5.88 Å². The highest BCUT2D eigenvalue weighted by atomic mass is 19.1. The first-order valence-electron chi connectivity index (χ1n) is 11.5. The molecular formula is C27H26FN3O3. The molecule has 0 unspecified atom stereocenters. The average molecular weight is 460 g/mol. The van der Waals surface area contributed by atoms with Gasteiger partial charge < -0.3 is 18.7 Å². The summed E-state index contributed by atoms with van der Waals surface area (Å²) in [6.45, 7) is 2.32. The van der Waals surface area contributed by atoms with Crippen molar-refractivity contribution in [2.24, 2.45) is 0 Å². The van der Waals surface area contributed by atoms with Crippen LogP contribution in [0.3, 0.4) is 0 Å². The maximum Gasteiger partial charge on any atom is 0.254 e. The minimum atomic E-state index is -0.382. The average Bonchev–Trinajstić information content (AvgIpc) is 3.55. The molecule has 4 aromatic rings. The van der Waals surface area contributed by atoms with E-state index in [0.717, 1.165) is 42.8 Å². The van der Waals surface area contributed by atoms with Crippen molar-refractivity contribution >= 4 is 11.8 Å². The van der Waals surface area contributed by atoms with E-state index in [2.05, 4.69) is 10.1 Å². The normalized spacial score (nSPS) is 13.7. The van der Waals surface area contributed by atoms with Crippen molar-refractivity contribution in [1.29, 1.82) is 0 Å². The molecule has 6 nitrogen and oxygen atoms in total. The topological polar surface area (TPSA) is 62.7 Å². The quantitative estimate of drug-likeness (QED) is 0.344. The molecule has 2 aromatic carbocycles. The van der Waals surface area contributed by atoms with Crippen LogP contribution in [0.1, 0.15) is 40.9 Å². The Hall–Kier alpha value is -3.87. The van der Waals surface area contributed by atoms with E-state index in [1.54, 1.807) is 17.2 Å². The Morgan fingerprint density at radius 3 is 2.41 bits per heavy atom. The number of nitrogens with zero attached hydrogens (tertiary/aromatic N) is 3. The number of carbonyl (C=O) groups excluding carboxylic acids is 1. The van der Waals surface area contributed by atoms with Gasteiger partial charge in [-0.25, -0.2) is 4.39 Å². The molecular weight excluding hydrogens is 433 g/mol. The lowest BCUT2D eigenvalue weighted by Crippen LogP contribution is -2.33. The van der Waals surface area contributed by atoms with Crippen molar-refractivity contribution < 1.29 is 18.1 Å². The second-order valence-corrected chi connectivity index (χ2v) is 8.48. The number of amides is 1. The van der Waals surface area contributed by atoms with Crippen LogP contribution in [0, 0.1) is 5.82 Å². The molecule has 0 N–H and O–H groups in total. The van der Waals surface area contributed by atoms with E-state index < -0.39 is 0 Å². The van der Waals surface area contributed by atoms with Crippen LogP contribution in [0.4, 0.5) is 10.3 Å². The largest absolute Gasteiger partial charge is 0.467 e. The monoisotopic (exact) mass is 459 g/mol. The first-order chi connectivity index (χ1) is 16.7. The van der Waals surface area contributed by atoms with E-state index in [1.165, 1.54) is 30.7 Å². The standard InChI is InChI=1S/C27H26FN3O3/c28-22-13-11-21(12-14-22)26(32)31(18-23-10-7-17-33-23)19-24-25(20-8-3-1-4-9-20)29-34-27(24)30-15-5-2-6-16-30/h1,3-4,7-14,17H,2,5-6,15-16,18-19H2. The summed E-state index contributed by atoms with van der Waals surface area (Å²) in [4.78, 5) is 17.4. The number of hydrogen-bond acceptors (Lipinski definition) is 5. The summed E-state index contributed by atoms with van der Waals surface area (Å²) in [5.41, 5.74) is 2.91. The molecule has 0 spiro atoms. The van der Waals surface area contributed by atoms with Crippen molar-refractivity contribution in [1.82, 2.24) is 10.1 Å². The van der Waals surface area contributed by atoms with E-state index >= 15 is 0 Å². The lowest BCUT2D eigenvalue weighted by molar-refractivity contribution is 0.0718. The summed E-state index contributed by atoms with van der Waals surface area (Å²) in [5, 5.41) is 4.43. The second kappa shape index (κ2) is 9.95. The Bertz CT molecular complexity index is 1210. The van der Waals surface area contributed by atoms with E-state index in [9.17, 15) is 9.18 Å². The van der Waals surface area contributed by atoms with Gasteiger partial charge in [-0.05, 0) is 55.7 Å². The summed E-state index contributed by atoms with van der Waals surface area (Å²) in [6.07, 6.45) is 4.96. The van der Waals surface area contributed by atoms with Crippen molar-refractivity contribution in [3.63, 3.8) is 0 Å². The van der Waals surface area contributed by atoms with Crippen LogP contribution >= 0.6 is 0 Å². The Kier molecular flexibility index (Phi) is 6.42. The Labute approximate surface area is 197 Å². The van der Waals surface area contributed by atoms with Crippen molar-refractivity contribution in [2.75, 3.05) is 18.0 Å². The minimum absolute atomic E-state index is 0.221. The predicted molar refractivity (Wildman–Crippen MR) is 127 cm³/mol. The van der Waals surface area contributed by atoms with E-state index in [4.69, 9.17) is 8.94 Å². The van der Waals surface area contributed by atoms with Crippen LogP contribution in [0.2, 0.25) is 0 Å².